The summed E-state index contributed by atoms with van der Waals surface area (Å²) < 4.78 is 50.9. The number of alkyl halides is 3. The maximum Gasteiger partial charge on any atom is 0.458 e. The Morgan fingerprint density at radius 3 is 2.28 bits per heavy atom. The first-order valence-electron chi connectivity index (χ1n) is 7.40. The van der Waals surface area contributed by atoms with Crippen LogP contribution in [0.3, 0.4) is 0 Å². The largest absolute Gasteiger partial charge is 0.458 e. The molecular weight excluding hydrogens is 340 g/mol. The monoisotopic (exact) mass is 354 g/mol. The number of nitrogens with one attached hydrogen (secondary N) is 1. The van der Waals surface area contributed by atoms with Crippen molar-refractivity contribution in [1.82, 2.24) is 0 Å². The van der Waals surface area contributed by atoms with Crippen LogP contribution in [0.15, 0.2) is 53.7 Å². The van der Waals surface area contributed by atoms with Crippen LogP contribution in [0.4, 0.5) is 23.2 Å². The molecular formula is C17H14F4N2O2. The van der Waals surface area contributed by atoms with E-state index in [1.807, 2.05) is 0 Å². The van der Waals surface area contributed by atoms with Gasteiger partial charge in [-0.3, -0.25) is 0 Å². The van der Waals surface area contributed by atoms with Crippen molar-refractivity contribution in [3.8, 4) is 0 Å². The quantitative estimate of drug-likeness (QED) is 0.821. The third kappa shape index (κ3) is 3.74. The molecule has 0 saturated heterocycles. The summed E-state index contributed by atoms with van der Waals surface area (Å²) in [5, 5.41) is 15.9. The van der Waals surface area contributed by atoms with Gasteiger partial charge in [-0.1, -0.05) is 29.4 Å². The SMILES string of the molecule is OC1(C(F)(F)F)CC(c2ccc(CNc3ccc(F)cc3)cc2)=NO1. The summed E-state index contributed by atoms with van der Waals surface area (Å²) >= 11 is 0. The van der Waals surface area contributed by atoms with Crippen molar-refractivity contribution in [2.24, 2.45) is 5.16 Å². The van der Waals surface area contributed by atoms with Crippen LogP contribution in [-0.2, 0) is 11.4 Å². The summed E-state index contributed by atoms with van der Waals surface area (Å²) in [7, 11) is 0. The number of nitrogens with zero attached hydrogens (tertiary/aromatic N) is 1. The van der Waals surface area contributed by atoms with E-state index >= 15 is 0 Å². The van der Waals surface area contributed by atoms with E-state index in [2.05, 4.69) is 15.3 Å². The molecule has 2 aromatic rings. The zero-order valence-corrected chi connectivity index (χ0v) is 12.8. The zero-order chi connectivity index (χ0) is 18.1. The van der Waals surface area contributed by atoms with Gasteiger partial charge in [-0.05, 0) is 35.4 Å². The van der Waals surface area contributed by atoms with Crippen molar-refractivity contribution >= 4 is 11.4 Å². The zero-order valence-electron chi connectivity index (χ0n) is 12.8. The number of hydrogen-bond donors (Lipinski definition) is 2. The average Bonchev–Trinajstić information content (AvgIpc) is 2.98. The number of anilines is 1. The van der Waals surface area contributed by atoms with Crippen LogP contribution in [0.25, 0.3) is 0 Å². The van der Waals surface area contributed by atoms with Gasteiger partial charge in [-0.2, -0.15) is 13.2 Å². The first-order valence-corrected chi connectivity index (χ1v) is 7.40. The highest BCUT2D eigenvalue weighted by atomic mass is 19.4. The van der Waals surface area contributed by atoms with Crippen LogP contribution in [0.5, 0.6) is 0 Å². The van der Waals surface area contributed by atoms with E-state index in [9.17, 15) is 22.7 Å². The Bertz CT molecular complexity index is 773. The second-order valence-electron chi connectivity index (χ2n) is 5.65. The molecule has 0 aromatic heterocycles. The number of halogens is 4. The van der Waals surface area contributed by atoms with Crippen molar-refractivity contribution < 1.29 is 27.5 Å². The Labute approximate surface area is 140 Å². The second kappa shape index (κ2) is 6.36. The van der Waals surface area contributed by atoms with Crippen LogP contribution in [0.1, 0.15) is 17.5 Å². The lowest BCUT2D eigenvalue weighted by Crippen LogP contribution is -2.45. The summed E-state index contributed by atoms with van der Waals surface area (Å²) in [6.45, 7) is 0.460. The van der Waals surface area contributed by atoms with Crippen LogP contribution >= 0.6 is 0 Å². The second-order valence-corrected chi connectivity index (χ2v) is 5.65. The molecule has 1 heterocycles. The van der Waals surface area contributed by atoms with Gasteiger partial charge in [0.1, 0.15) is 5.82 Å². The molecule has 2 N–H and O–H groups in total. The average molecular weight is 354 g/mol. The van der Waals surface area contributed by atoms with Gasteiger partial charge in [0.2, 0.25) is 0 Å². The highest BCUT2D eigenvalue weighted by molar-refractivity contribution is 6.01. The summed E-state index contributed by atoms with van der Waals surface area (Å²) in [6, 6.07) is 12.5. The molecule has 0 aliphatic carbocycles. The fraction of sp³-hybridized carbons (Fsp3) is 0.235. The Morgan fingerprint density at radius 2 is 1.72 bits per heavy atom. The molecule has 1 unspecified atom stereocenters. The lowest BCUT2D eigenvalue weighted by atomic mass is 10.0. The van der Waals surface area contributed by atoms with Gasteiger partial charge >= 0.3 is 12.0 Å². The molecule has 1 aliphatic heterocycles. The molecule has 0 spiro atoms. The van der Waals surface area contributed by atoms with Gasteiger partial charge < -0.3 is 15.3 Å². The van der Waals surface area contributed by atoms with Crippen LogP contribution in [0, 0.1) is 5.82 Å². The first kappa shape index (κ1) is 17.2. The maximum absolute atomic E-state index is 12.8. The van der Waals surface area contributed by atoms with Crippen molar-refractivity contribution in [2.75, 3.05) is 5.32 Å². The minimum atomic E-state index is -4.92. The lowest BCUT2D eigenvalue weighted by molar-refractivity contribution is -0.355. The molecule has 25 heavy (non-hydrogen) atoms. The number of rotatable bonds is 4. The molecule has 1 atom stereocenters. The predicted molar refractivity (Wildman–Crippen MR) is 83.4 cm³/mol. The van der Waals surface area contributed by atoms with Crippen LogP contribution < -0.4 is 5.32 Å². The molecule has 0 saturated carbocycles. The fourth-order valence-corrected chi connectivity index (χ4v) is 2.32. The summed E-state index contributed by atoms with van der Waals surface area (Å²) in [4.78, 5) is 4.19. The van der Waals surface area contributed by atoms with Gasteiger partial charge in [-0.15, -0.1) is 0 Å². The summed E-state index contributed by atoms with van der Waals surface area (Å²) in [5.74, 6) is -3.60. The van der Waals surface area contributed by atoms with E-state index < -0.39 is 18.4 Å². The van der Waals surface area contributed by atoms with E-state index in [4.69, 9.17) is 0 Å². The number of hydrogen-bond acceptors (Lipinski definition) is 4. The first-order chi connectivity index (χ1) is 11.8. The van der Waals surface area contributed by atoms with Crippen molar-refractivity contribution in [2.45, 2.75) is 24.9 Å². The smallest absolute Gasteiger partial charge is 0.381 e. The lowest BCUT2D eigenvalue weighted by Gasteiger charge is -2.22. The van der Waals surface area contributed by atoms with Gasteiger partial charge in [0.15, 0.2) is 0 Å². The summed E-state index contributed by atoms with van der Waals surface area (Å²) in [5.41, 5.74) is 2.08. The standard InChI is InChI=1S/C17H14F4N2O2/c18-13-5-7-14(8-6-13)22-10-11-1-3-12(4-2-11)15-9-16(24,25-23-15)17(19,20)21/h1-8,22,24H,9-10H2. The molecule has 8 heteroatoms. The molecule has 2 aromatic carbocycles. The van der Waals surface area contributed by atoms with Crippen molar-refractivity contribution in [3.63, 3.8) is 0 Å². The molecule has 3 rings (SSSR count). The number of oxime groups is 1. The van der Waals surface area contributed by atoms with Crippen molar-refractivity contribution in [1.29, 1.82) is 0 Å². The Balaban J connectivity index is 1.62. The normalized spacial score (nSPS) is 20.1. The third-order valence-electron chi connectivity index (χ3n) is 3.78. The molecule has 4 nitrogen and oxygen atoms in total. The van der Waals surface area contributed by atoms with Gasteiger partial charge in [0.05, 0.1) is 12.1 Å². The van der Waals surface area contributed by atoms with Crippen molar-refractivity contribution in [3.05, 3.63) is 65.5 Å². The van der Waals surface area contributed by atoms with Crippen LogP contribution in [-0.4, -0.2) is 22.8 Å². The number of benzene rings is 2. The topological polar surface area (TPSA) is 53.8 Å². The minimum Gasteiger partial charge on any atom is -0.381 e. The Morgan fingerprint density at radius 1 is 1.08 bits per heavy atom. The molecule has 0 radical (unpaired) electrons. The Kier molecular flexibility index (Phi) is 4.38. The van der Waals surface area contributed by atoms with Gasteiger partial charge in [-0.25, -0.2) is 4.39 Å². The maximum atomic E-state index is 12.8. The molecule has 0 amide bonds. The highest BCUT2D eigenvalue weighted by Gasteiger charge is 2.60. The van der Waals surface area contributed by atoms with E-state index in [0.717, 1.165) is 11.3 Å². The summed E-state index contributed by atoms with van der Waals surface area (Å²) in [6.07, 6.45) is -5.68. The minimum absolute atomic E-state index is 0.0258. The fourth-order valence-electron chi connectivity index (χ4n) is 2.32. The third-order valence-corrected chi connectivity index (χ3v) is 3.78. The molecule has 1 aliphatic rings. The predicted octanol–water partition coefficient (Wildman–Crippen LogP) is 3.81. The van der Waals surface area contributed by atoms with E-state index in [-0.39, 0.29) is 11.5 Å². The van der Waals surface area contributed by atoms with E-state index in [1.54, 1.807) is 36.4 Å². The van der Waals surface area contributed by atoms with E-state index in [1.165, 1.54) is 12.1 Å². The van der Waals surface area contributed by atoms with Gasteiger partial charge in [0, 0.05) is 12.2 Å². The highest BCUT2D eigenvalue weighted by Crippen LogP contribution is 2.38. The van der Waals surface area contributed by atoms with Crippen LogP contribution in [0.2, 0.25) is 0 Å². The van der Waals surface area contributed by atoms with Gasteiger partial charge in [0.25, 0.3) is 0 Å². The molecule has 0 fully saturated rings. The molecule has 0 bridgehead atoms. The van der Waals surface area contributed by atoms with E-state index in [0.29, 0.717) is 12.1 Å². The Hall–Kier alpha value is -2.61. The molecule has 132 valence electrons. The number of aliphatic hydroxyl groups is 1.